The lowest BCUT2D eigenvalue weighted by Crippen LogP contribution is -2.38. The van der Waals surface area contributed by atoms with Gasteiger partial charge in [-0.2, -0.15) is 0 Å². The molecule has 0 spiro atoms. The van der Waals surface area contributed by atoms with Gasteiger partial charge in [-0.25, -0.2) is 4.98 Å². The maximum Gasteiger partial charge on any atom is 0.226 e. The van der Waals surface area contributed by atoms with Gasteiger partial charge in [0, 0.05) is 38.2 Å². The molecule has 0 fully saturated rings. The number of hydrogen-bond donors (Lipinski definition) is 3. The number of aliphatic imine (C=N–C) groups is 1. The number of rotatable bonds is 11. The van der Waals surface area contributed by atoms with Crippen molar-refractivity contribution in [2.75, 3.05) is 26.2 Å². The molecule has 30 heavy (non-hydrogen) atoms. The largest absolute Gasteiger partial charge is 0.444 e. The molecule has 0 aliphatic carbocycles. The molecule has 7 heteroatoms. The van der Waals surface area contributed by atoms with Crippen LogP contribution in [0, 0.1) is 18.8 Å². The molecule has 0 radical (unpaired) electrons. The van der Waals surface area contributed by atoms with Crippen LogP contribution in [0.5, 0.6) is 0 Å². The van der Waals surface area contributed by atoms with Gasteiger partial charge in [-0.1, -0.05) is 31.5 Å². The first kappa shape index (κ1) is 26.4. The van der Waals surface area contributed by atoms with Crippen LogP contribution in [0.3, 0.4) is 0 Å². The minimum absolute atomic E-state index is 0. The summed E-state index contributed by atoms with van der Waals surface area (Å²) in [7, 11) is 0. The number of halogens is 1. The third-order valence-electron chi connectivity index (χ3n) is 4.72. The van der Waals surface area contributed by atoms with Gasteiger partial charge >= 0.3 is 0 Å². The molecule has 2 rings (SSSR count). The number of aliphatic hydroxyl groups is 1. The van der Waals surface area contributed by atoms with Gasteiger partial charge in [-0.3, -0.25) is 4.99 Å². The van der Waals surface area contributed by atoms with E-state index in [4.69, 9.17) is 9.41 Å². The van der Waals surface area contributed by atoms with E-state index in [1.807, 2.05) is 12.1 Å². The predicted octanol–water partition coefficient (Wildman–Crippen LogP) is 4.41. The summed E-state index contributed by atoms with van der Waals surface area (Å²) in [5, 5.41) is 15.9. The highest BCUT2D eigenvalue weighted by Gasteiger charge is 2.11. The molecular formula is C23H37IN4O2. The molecule has 0 bridgehead atoms. The minimum atomic E-state index is 0. The van der Waals surface area contributed by atoms with Crippen molar-refractivity contribution in [3.05, 3.63) is 41.8 Å². The molecule has 2 aromatic rings. The monoisotopic (exact) mass is 528 g/mol. The number of nitrogens with zero attached hydrogens (tertiary/aromatic N) is 2. The van der Waals surface area contributed by atoms with Gasteiger partial charge in [0.2, 0.25) is 5.89 Å². The smallest absolute Gasteiger partial charge is 0.226 e. The van der Waals surface area contributed by atoms with Crippen molar-refractivity contribution in [3.63, 3.8) is 0 Å². The first-order valence-electron chi connectivity index (χ1n) is 10.7. The lowest BCUT2D eigenvalue weighted by Gasteiger charge is -2.17. The van der Waals surface area contributed by atoms with Crippen LogP contribution >= 0.6 is 24.0 Å². The molecule has 1 atom stereocenters. The second-order valence-electron chi connectivity index (χ2n) is 7.91. The first-order valence-corrected chi connectivity index (χ1v) is 10.7. The van der Waals surface area contributed by atoms with Gasteiger partial charge in [-0.05, 0) is 50.7 Å². The molecule has 168 valence electrons. The zero-order valence-corrected chi connectivity index (χ0v) is 21.0. The lowest BCUT2D eigenvalue weighted by molar-refractivity contribution is 0.245. The molecule has 3 N–H and O–H groups in total. The highest BCUT2D eigenvalue weighted by molar-refractivity contribution is 14.0. The third kappa shape index (κ3) is 9.47. The van der Waals surface area contributed by atoms with E-state index in [1.165, 1.54) is 5.56 Å². The van der Waals surface area contributed by atoms with Gasteiger partial charge in [0.05, 0.1) is 5.69 Å². The maximum absolute atomic E-state index is 9.29. The zero-order chi connectivity index (χ0) is 21.1. The fraction of sp³-hybridized carbons (Fsp3) is 0.565. The number of nitrogens with one attached hydrogen (secondary N) is 2. The summed E-state index contributed by atoms with van der Waals surface area (Å²) in [6, 6.07) is 8.17. The summed E-state index contributed by atoms with van der Waals surface area (Å²) < 4.78 is 5.63. The number of benzene rings is 1. The molecule has 0 aliphatic rings. The summed E-state index contributed by atoms with van der Waals surface area (Å²) >= 11 is 0. The Morgan fingerprint density at radius 3 is 2.57 bits per heavy atom. The van der Waals surface area contributed by atoms with Gasteiger partial charge in [0.25, 0.3) is 0 Å². The summed E-state index contributed by atoms with van der Waals surface area (Å²) in [6.45, 7) is 11.0. The summed E-state index contributed by atoms with van der Waals surface area (Å²) in [4.78, 5) is 9.31. The van der Waals surface area contributed by atoms with Crippen LogP contribution in [-0.2, 0) is 6.42 Å². The van der Waals surface area contributed by atoms with E-state index >= 15 is 0 Å². The number of aryl methyl sites for hydroxylation is 1. The Morgan fingerprint density at radius 1 is 1.20 bits per heavy atom. The minimum Gasteiger partial charge on any atom is -0.444 e. The van der Waals surface area contributed by atoms with Crippen LogP contribution < -0.4 is 10.6 Å². The van der Waals surface area contributed by atoms with Crippen LogP contribution in [0.1, 0.15) is 44.9 Å². The van der Waals surface area contributed by atoms with E-state index in [9.17, 15) is 5.11 Å². The van der Waals surface area contributed by atoms with Crippen molar-refractivity contribution in [1.82, 2.24) is 15.6 Å². The summed E-state index contributed by atoms with van der Waals surface area (Å²) in [5.74, 6) is 2.47. The lowest BCUT2D eigenvalue weighted by atomic mass is 9.94. The fourth-order valence-corrected chi connectivity index (χ4v) is 3.25. The molecule has 0 saturated carbocycles. The Morgan fingerprint density at radius 2 is 1.93 bits per heavy atom. The molecular weight excluding hydrogens is 491 g/mol. The summed E-state index contributed by atoms with van der Waals surface area (Å²) in [5.41, 5.74) is 3.13. The average Bonchev–Trinajstić information content (AvgIpc) is 3.15. The van der Waals surface area contributed by atoms with Gasteiger partial charge in [-0.15, -0.1) is 24.0 Å². The standard InChI is InChI=1S/C23H36N4O2.HI/c1-5-24-23(26-15-19(11-13-28)14-17(2)3)25-12-10-21-16-29-22(27-21)20-8-6-18(4)7-9-20;/h6-9,16-17,19,28H,5,10-15H2,1-4H3,(H2,24,25,26);1H. The number of oxazole rings is 1. The molecule has 0 aliphatic heterocycles. The van der Waals surface area contributed by atoms with E-state index in [1.54, 1.807) is 6.26 Å². The average molecular weight is 528 g/mol. The Labute approximate surface area is 198 Å². The Hall–Kier alpha value is -1.61. The van der Waals surface area contributed by atoms with E-state index in [0.29, 0.717) is 17.7 Å². The quantitative estimate of drug-likeness (QED) is 0.229. The highest BCUT2D eigenvalue weighted by Crippen LogP contribution is 2.19. The van der Waals surface area contributed by atoms with E-state index in [0.717, 1.165) is 56.1 Å². The Kier molecular flexibility index (Phi) is 12.7. The van der Waals surface area contributed by atoms with E-state index in [2.05, 4.69) is 55.4 Å². The fourth-order valence-electron chi connectivity index (χ4n) is 3.25. The molecule has 1 heterocycles. The molecule has 1 aromatic heterocycles. The van der Waals surface area contributed by atoms with E-state index < -0.39 is 0 Å². The SMILES string of the molecule is CCNC(=NCC(CCO)CC(C)C)NCCc1coc(-c2ccc(C)cc2)n1.I. The topological polar surface area (TPSA) is 82.7 Å². The first-order chi connectivity index (χ1) is 14.0. The predicted molar refractivity (Wildman–Crippen MR) is 134 cm³/mol. The second kappa shape index (κ2) is 14.4. The van der Waals surface area contributed by atoms with Crippen LogP contribution in [0.25, 0.3) is 11.5 Å². The van der Waals surface area contributed by atoms with Gasteiger partial charge in [0.1, 0.15) is 6.26 Å². The van der Waals surface area contributed by atoms with Gasteiger partial charge in [0.15, 0.2) is 5.96 Å². The van der Waals surface area contributed by atoms with Crippen molar-refractivity contribution in [3.8, 4) is 11.5 Å². The summed E-state index contributed by atoms with van der Waals surface area (Å²) in [6.07, 6.45) is 4.35. The number of aromatic nitrogens is 1. The molecule has 1 unspecified atom stereocenters. The van der Waals surface area contributed by atoms with E-state index in [-0.39, 0.29) is 30.6 Å². The number of guanidine groups is 1. The van der Waals surface area contributed by atoms with Crippen molar-refractivity contribution >= 4 is 29.9 Å². The molecule has 0 saturated heterocycles. The number of hydrogen-bond acceptors (Lipinski definition) is 4. The zero-order valence-electron chi connectivity index (χ0n) is 18.6. The van der Waals surface area contributed by atoms with Crippen LogP contribution in [0.2, 0.25) is 0 Å². The molecule has 0 amide bonds. The van der Waals surface area contributed by atoms with Crippen molar-refractivity contribution in [1.29, 1.82) is 0 Å². The van der Waals surface area contributed by atoms with Gasteiger partial charge < -0.3 is 20.2 Å². The van der Waals surface area contributed by atoms with Crippen LogP contribution in [0.15, 0.2) is 39.9 Å². The third-order valence-corrected chi connectivity index (χ3v) is 4.72. The molecule has 1 aromatic carbocycles. The maximum atomic E-state index is 9.29. The Balaban J connectivity index is 0.00000450. The number of aliphatic hydroxyl groups excluding tert-OH is 1. The van der Waals surface area contributed by atoms with Crippen molar-refractivity contribution < 1.29 is 9.52 Å². The Bertz CT molecular complexity index is 744. The van der Waals surface area contributed by atoms with Crippen LogP contribution in [-0.4, -0.2) is 42.3 Å². The van der Waals surface area contributed by atoms with Crippen LogP contribution in [0.4, 0.5) is 0 Å². The van der Waals surface area contributed by atoms with Crippen molar-refractivity contribution in [2.24, 2.45) is 16.8 Å². The normalized spacial score (nSPS) is 12.5. The second-order valence-corrected chi connectivity index (χ2v) is 7.91. The van der Waals surface area contributed by atoms with Crippen molar-refractivity contribution in [2.45, 2.75) is 47.0 Å². The highest BCUT2D eigenvalue weighted by atomic mass is 127. The molecule has 6 nitrogen and oxygen atoms in total.